The number of carbonyl (C=O) groups excluding carboxylic acids is 1. The maximum absolute atomic E-state index is 12.4. The average Bonchev–Trinajstić information content (AvgIpc) is 2.75. The summed E-state index contributed by atoms with van der Waals surface area (Å²) >= 11 is 4.85. The number of fused-ring (bicyclic) bond motifs is 1. The van der Waals surface area contributed by atoms with Crippen molar-refractivity contribution < 1.29 is 9.53 Å². The van der Waals surface area contributed by atoms with Crippen molar-refractivity contribution in [3.63, 3.8) is 0 Å². The van der Waals surface area contributed by atoms with Crippen LogP contribution < -0.4 is 11.1 Å². The van der Waals surface area contributed by atoms with Crippen molar-refractivity contribution in [2.24, 2.45) is 0 Å². The largest absolute Gasteiger partial charge is 0.397 e. The van der Waals surface area contributed by atoms with Gasteiger partial charge in [-0.25, -0.2) is 0 Å². The molecule has 1 aromatic carbocycles. The molecule has 0 spiro atoms. The lowest BCUT2D eigenvalue weighted by Gasteiger charge is -2.40. The second-order valence-corrected chi connectivity index (χ2v) is 7.38. The maximum Gasteiger partial charge on any atom is 0.263 e. The van der Waals surface area contributed by atoms with Gasteiger partial charge in [0.05, 0.1) is 11.3 Å². The molecule has 1 saturated carbocycles. The summed E-state index contributed by atoms with van der Waals surface area (Å²) in [5, 5.41) is 3.88. The molecule has 1 fully saturated rings. The van der Waals surface area contributed by atoms with Crippen LogP contribution in [0.25, 0.3) is 10.1 Å². The van der Waals surface area contributed by atoms with Gasteiger partial charge in [0.2, 0.25) is 0 Å². The summed E-state index contributed by atoms with van der Waals surface area (Å²) in [5.74, 6) is -0.117. The van der Waals surface area contributed by atoms with Crippen molar-refractivity contribution >= 4 is 48.9 Å². The van der Waals surface area contributed by atoms with Crippen LogP contribution in [0.4, 0.5) is 5.69 Å². The number of halogens is 1. The van der Waals surface area contributed by atoms with E-state index in [0.29, 0.717) is 17.1 Å². The van der Waals surface area contributed by atoms with Gasteiger partial charge in [-0.15, -0.1) is 11.3 Å². The highest BCUT2D eigenvalue weighted by molar-refractivity contribution is 9.10. The molecule has 1 amide bonds. The van der Waals surface area contributed by atoms with E-state index in [1.54, 1.807) is 7.11 Å². The minimum Gasteiger partial charge on any atom is -0.397 e. The Balaban J connectivity index is 1.80. The molecule has 112 valence electrons. The highest BCUT2D eigenvalue weighted by Crippen LogP contribution is 2.36. The van der Waals surface area contributed by atoms with Gasteiger partial charge < -0.3 is 15.8 Å². The molecule has 3 rings (SSSR count). The van der Waals surface area contributed by atoms with E-state index in [1.807, 2.05) is 18.2 Å². The summed E-state index contributed by atoms with van der Waals surface area (Å²) in [5.41, 5.74) is 6.50. The molecule has 0 saturated heterocycles. The molecule has 1 aliphatic carbocycles. The summed E-state index contributed by atoms with van der Waals surface area (Å²) in [7, 11) is 1.71. The van der Waals surface area contributed by atoms with Crippen LogP contribution in [0.5, 0.6) is 0 Å². The molecular weight excluding hydrogens is 352 g/mol. The van der Waals surface area contributed by atoms with Crippen molar-refractivity contribution in [2.45, 2.75) is 24.9 Å². The van der Waals surface area contributed by atoms with Crippen LogP contribution >= 0.6 is 27.3 Å². The predicted molar refractivity (Wildman–Crippen MR) is 89.9 cm³/mol. The van der Waals surface area contributed by atoms with Crippen molar-refractivity contribution in [3.8, 4) is 0 Å². The Kier molecular flexibility index (Phi) is 3.94. The van der Waals surface area contributed by atoms with E-state index in [2.05, 4.69) is 21.2 Å². The molecule has 2 aromatic rings. The Morgan fingerprint density at radius 1 is 1.52 bits per heavy atom. The summed E-state index contributed by atoms with van der Waals surface area (Å²) in [6.45, 7) is 0.541. The summed E-state index contributed by atoms with van der Waals surface area (Å²) in [6, 6.07) is 5.87. The Bertz CT molecular complexity index is 689. The van der Waals surface area contributed by atoms with Gasteiger partial charge in [-0.3, -0.25) is 4.79 Å². The fraction of sp³-hybridized carbons (Fsp3) is 0.400. The minimum absolute atomic E-state index is 0.117. The molecule has 21 heavy (non-hydrogen) atoms. The number of rotatable bonds is 4. The number of methoxy groups -OCH3 is 1. The fourth-order valence-corrected chi connectivity index (χ4v) is 3.98. The summed E-state index contributed by atoms with van der Waals surface area (Å²) in [4.78, 5) is 13.0. The molecular formula is C15H17BrN2O2S. The van der Waals surface area contributed by atoms with Crippen LogP contribution in [0.2, 0.25) is 0 Å². The smallest absolute Gasteiger partial charge is 0.263 e. The molecule has 1 heterocycles. The van der Waals surface area contributed by atoms with Crippen LogP contribution in [0.1, 0.15) is 28.9 Å². The van der Waals surface area contributed by atoms with E-state index in [1.165, 1.54) is 11.3 Å². The van der Waals surface area contributed by atoms with Gasteiger partial charge >= 0.3 is 0 Å². The lowest BCUT2D eigenvalue weighted by Crippen LogP contribution is -2.49. The van der Waals surface area contributed by atoms with Gasteiger partial charge in [0.1, 0.15) is 4.88 Å². The number of hydrogen-bond donors (Lipinski definition) is 2. The van der Waals surface area contributed by atoms with Crippen LogP contribution in [0.15, 0.2) is 22.7 Å². The first-order valence-corrected chi connectivity index (χ1v) is 8.46. The number of amides is 1. The van der Waals surface area contributed by atoms with Gasteiger partial charge in [-0.05, 0) is 37.5 Å². The van der Waals surface area contributed by atoms with Gasteiger partial charge in [0.15, 0.2) is 0 Å². The normalized spacial score (nSPS) is 16.7. The molecule has 3 N–H and O–H groups in total. The zero-order valence-electron chi connectivity index (χ0n) is 11.7. The SMILES string of the molecule is COC1(CNC(=O)c2sc3ccc(Br)cc3c2N)CCC1. The van der Waals surface area contributed by atoms with E-state index < -0.39 is 0 Å². The van der Waals surface area contributed by atoms with E-state index in [-0.39, 0.29) is 11.5 Å². The molecule has 1 aromatic heterocycles. The van der Waals surface area contributed by atoms with Gasteiger partial charge in [0.25, 0.3) is 5.91 Å². The summed E-state index contributed by atoms with van der Waals surface area (Å²) in [6.07, 6.45) is 3.15. The number of carbonyl (C=O) groups is 1. The molecule has 0 atom stereocenters. The second kappa shape index (κ2) is 5.59. The lowest BCUT2D eigenvalue weighted by molar-refractivity contribution is -0.0679. The van der Waals surface area contributed by atoms with Crippen molar-refractivity contribution in [1.29, 1.82) is 0 Å². The van der Waals surface area contributed by atoms with Crippen LogP contribution in [0, 0.1) is 0 Å². The van der Waals surface area contributed by atoms with Gasteiger partial charge in [0, 0.05) is 28.2 Å². The van der Waals surface area contributed by atoms with Crippen molar-refractivity contribution in [2.75, 3.05) is 19.4 Å². The van der Waals surface area contributed by atoms with Gasteiger partial charge in [-0.2, -0.15) is 0 Å². The second-order valence-electron chi connectivity index (χ2n) is 5.41. The Hall–Kier alpha value is -1.11. The number of thiophene rings is 1. The topological polar surface area (TPSA) is 64.3 Å². The fourth-order valence-electron chi connectivity index (χ4n) is 2.60. The number of hydrogen-bond acceptors (Lipinski definition) is 4. The van der Waals surface area contributed by atoms with E-state index in [0.717, 1.165) is 33.8 Å². The number of nitrogens with one attached hydrogen (secondary N) is 1. The summed E-state index contributed by atoms with van der Waals surface area (Å²) < 4.78 is 7.49. The predicted octanol–water partition coefficient (Wildman–Crippen LogP) is 3.54. The third-order valence-electron chi connectivity index (χ3n) is 4.16. The molecule has 0 radical (unpaired) electrons. The maximum atomic E-state index is 12.4. The van der Waals surface area contributed by atoms with Crippen molar-refractivity contribution in [3.05, 3.63) is 27.5 Å². The van der Waals surface area contributed by atoms with Gasteiger partial charge in [-0.1, -0.05) is 15.9 Å². The standard InChI is InChI=1S/C15H17BrN2O2S/c1-20-15(5-2-6-15)8-18-14(19)13-12(17)10-7-9(16)3-4-11(10)21-13/h3-4,7H,2,5-6,8,17H2,1H3,(H,18,19). The molecule has 4 nitrogen and oxygen atoms in total. The van der Waals surface area contributed by atoms with Crippen LogP contribution in [-0.4, -0.2) is 25.2 Å². The Labute approximate surface area is 135 Å². The molecule has 1 aliphatic rings. The molecule has 0 bridgehead atoms. The lowest BCUT2D eigenvalue weighted by atomic mass is 9.80. The average molecular weight is 369 g/mol. The highest BCUT2D eigenvalue weighted by atomic mass is 79.9. The van der Waals surface area contributed by atoms with E-state index in [9.17, 15) is 4.79 Å². The van der Waals surface area contributed by atoms with Crippen molar-refractivity contribution in [1.82, 2.24) is 5.32 Å². The Morgan fingerprint density at radius 2 is 2.29 bits per heavy atom. The first-order valence-electron chi connectivity index (χ1n) is 6.85. The number of anilines is 1. The zero-order chi connectivity index (χ0) is 15.0. The zero-order valence-corrected chi connectivity index (χ0v) is 14.1. The molecule has 0 aliphatic heterocycles. The third kappa shape index (κ3) is 2.67. The third-order valence-corrected chi connectivity index (χ3v) is 5.84. The monoisotopic (exact) mass is 368 g/mol. The quantitative estimate of drug-likeness (QED) is 0.867. The number of nitrogen functional groups attached to an aromatic ring is 1. The highest BCUT2D eigenvalue weighted by Gasteiger charge is 2.37. The molecule has 6 heteroatoms. The van der Waals surface area contributed by atoms with Crippen LogP contribution in [0.3, 0.4) is 0 Å². The number of ether oxygens (including phenoxy) is 1. The first kappa shape index (κ1) is 14.8. The van der Waals surface area contributed by atoms with Crippen LogP contribution in [-0.2, 0) is 4.74 Å². The number of nitrogens with two attached hydrogens (primary N) is 1. The first-order chi connectivity index (χ1) is 10.0. The molecule has 0 unspecified atom stereocenters. The van der Waals surface area contributed by atoms with E-state index in [4.69, 9.17) is 10.5 Å². The minimum atomic E-state index is -0.176. The van der Waals surface area contributed by atoms with E-state index >= 15 is 0 Å². The number of benzene rings is 1. The Morgan fingerprint density at radius 3 is 2.90 bits per heavy atom.